The highest BCUT2D eigenvalue weighted by atomic mass is 32.2. The Balaban J connectivity index is 1.59. The number of nitrogens with one attached hydrogen (secondary N) is 1. The minimum atomic E-state index is -5.49. The summed E-state index contributed by atoms with van der Waals surface area (Å²) in [4.78, 5) is 0. The van der Waals surface area contributed by atoms with Gasteiger partial charge in [0.05, 0.1) is 11.4 Å². The molecule has 4 saturated carbocycles. The monoisotopic (exact) mass is 391 g/mol. The van der Waals surface area contributed by atoms with Gasteiger partial charge in [0.15, 0.2) is 0 Å². The van der Waals surface area contributed by atoms with Crippen molar-refractivity contribution in [1.29, 1.82) is 0 Å². The number of hydrogen-bond donors (Lipinski definition) is 1. The number of rotatable bonds is 6. The summed E-state index contributed by atoms with van der Waals surface area (Å²) in [5.74, 6) is 1.12. The molecule has 4 rings (SSSR count). The lowest BCUT2D eigenvalue weighted by molar-refractivity contribution is -0.0448. The van der Waals surface area contributed by atoms with Crippen molar-refractivity contribution < 1.29 is 34.2 Å². The van der Waals surface area contributed by atoms with Gasteiger partial charge in [0, 0.05) is 6.54 Å². The summed E-state index contributed by atoms with van der Waals surface area (Å²) >= 11 is 0. The quantitative estimate of drug-likeness (QED) is 0.550. The van der Waals surface area contributed by atoms with E-state index in [4.69, 9.17) is 4.18 Å². The normalized spacial score (nSPS) is 36.2. The average Bonchev–Trinajstić information content (AvgIpc) is 2.41. The lowest BCUT2D eigenvalue weighted by Crippen LogP contribution is -2.55. The molecule has 0 radical (unpaired) electrons. The molecule has 0 aliphatic heterocycles. The van der Waals surface area contributed by atoms with Crippen LogP contribution in [0.25, 0.3) is 0 Å². The molecule has 1 N–H and O–H groups in total. The van der Waals surface area contributed by atoms with Crippen LogP contribution in [0.15, 0.2) is 0 Å². The Morgan fingerprint density at radius 1 is 0.958 bits per heavy atom. The molecule has 0 saturated heterocycles. The van der Waals surface area contributed by atoms with E-state index < -0.39 is 43.5 Å². The highest BCUT2D eigenvalue weighted by molar-refractivity contribution is 7.90. The minimum absolute atomic E-state index is 0.373. The molecule has 6 nitrogen and oxygen atoms in total. The van der Waals surface area contributed by atoms with Gasteiger partial charge in [-0.3, -0.25) is 4.18 Å². The molecule has 4 aliphatic rings. The Kier molecular flexibility index (Phi) is 4.46. The van der Waals surface area contributed by atoms with Crippen LogP contribution in [0.3, 0.4) is 0 Å². The van der Waals surface area contributed by atoms with Gasteiger partial charge in [0.25, 0.3) is 10.1 Å². The van der Waals surface area contributed by atoms with Gasteiger partial charge in [-0.25, -0.2) is 13.1 Å². The minimum Gasteiger partial charge on any atom is -0.268 e. The molecule has 0 atom stereocenters. The average molecular weight is 391 g/mol. The Morgan fingerprint density at radius 3 is 1.83 bits per heavy atom. The molecule has 11 heteroatoms. The SMILES string of the molecule is O=S(=O)(NCCOS(=O)(=O)C12CC3CC(CC(C3)C1)C2)C(F)(F)F. The molecule has 0 aromatic heterocycles. The van der Waals surface area contributed by atoms with Crippen LogP contribution in [0.1, 0.15) is 38.5 Å². The smallest absolute Gasteiger partial charge is 0.268 e. The van der Waals surface area contributed by atoms with E-state index in [1.54, 1.807) is 0 Å². The molecule has 0 spiro atoms. The van der Waals surface area contributed by atoms with Gasteiger partial charge >= 0.3 is 15.5 Å². The Hall–Kier alpha value is -0.390. The van der Waals surface area contributed by atoms with Crippen molar-refractivity contribution in [1.82, 2.24) is 4.72 Å². The Labute approximate surface area is 139 Å². The first-order chi connectivity index (χ1) is 10.9. The third-order valence-corrected chi connectivity index (χ3v) is 8.68. The second-order valence-corrected chi connectivity index (χ2v) is 11.0. The Bertz CT molecular complexity index is 666. The molecule has 4 fully saturated rings. The maximum atomic E-state index is 12.6. The van der Waals surface area contributed by atoms with E-state index in [2.05, 4.69) is 0 Å². The molecule has 4 aliphatic carbocycles. The molecule has 0 unspecified atom stereocenters. The van der Waals surface area contributed by atoms with Crippen molar-refractivity contribution in [2.75, 3.05) is 13.2 Å². The molecular formula is C13H20F3NO5S2. The summed E-state index contributed by atoms with van der Waals surface area (Å²) in [6.45, 7) is -1.38. The first kappa shape index (κ1) is 18.4. The van der Waals surface area contributed by atoms with Crippen LogP contribution in [-0.2, 0) is 24.3 Å². The van der Waals surface area contributed by atoms with Crippen LogP contribution in [0.4, 0.5) is 13.2 Å². The van der Waals surface area contributed by atoms with E-state index >= 15 is 0 Å². The van der Waals surface area contributed by atoms with Crippen LogP contribution in [0.2, 0.25) is 0 Å². The number of halogens is 3. The van der Waals surface area contributed by atoms with Crippen LogP contribution in [0, 0.1) is 17.8 Å². The highest BCUT2D eigenvalue weighted by Crippen LogP contribution is 2.58. The Morgan fingerprint density at radius 2 is 1.42 bits per heavy atom. The summed E-state index contributed by atoms with van der Waals surface area (Å²) in [6.07, 6.45) is 4.74. The third kappa shape index (κ3) is 3.19. The summed E-state index contributed by atoms with van der Waals surface area (Å²) in [7, 11) is -9.43. The van der Waals surface area contributed by atoms with E-state index in [1.807, 2.05) is 0 Å². The third-order valence-electron chi connectivity index (χ3n) is 5.45. The summed E-state index contributed by atoms with van der Waals surface area (Å²) in [6, 6.07) is 0. The maximum Gasteiger partial charge on any atom is 0.511 e. The van der Waals surface area contributed by atoms with Crippen molar-refractivity contribution in [3.05, 3.63) is 0 Å². The predicted octanol–water partition coefficient (Wildman–Crippen LogP) is 1.74. The second kappa shape index (κ2) is 5.82. The zero-order valence-electron chi connectivity index (χ0n) is 12.9. The van der Waals surface area contributed by atoms with Crippen molar-refractivity contribution >= 4 is 20.1 Å². The molecule has 0 aromatic carbocycles. The number of alkyl halides is 3. The van der Waals surface area contributed by atoms with E-state index in [0.29, 0.717) is 37.0 Å². The lowest BCUT2D eigenvalue weighted by Gasteiger charge is -2.55. The number of hydrogen-bond acceptors (Lipinski definition) is 5. The van der Waals surface area contributed by atoms with Gasteiger partial charge in [-0.1, -0.05) is 0 Å². The van der Waals surface area contributed by atoms with Crippen molar-refractivity contribution in [2.24, 2.45) is 17.8 Å². The van der Waals surface area contributed by atoms with E-state index in [-0.39, 0.29) is 0 Å². The summed E-state index contributed by atoms with van der Waals surface area (Å²) < 4.78 is 88.7. The zero-order valence-corrected chi connectivity index (χ0v) is 14.5. The van der Waals surface area contributed by atoms with Crippen molar-refractivity contribution in [3.8, 4) is 0 Å². The van der Waals surface area contributed by atoms with Gasteiger partial charge in [-0.2, -0.15) is 21.6 Å². The summed E-state index contributed by atoms with van der Waals surface area (Å²) in [5.41, 5.74) is -5.42. The van der Waals surface area contributed by atoms with Gasteiger partial charge in [0.1, 0.15) is 0 Å². The molecule has 0 aromatic rings. The van der Waals surface area contributed by atoms with Crippen LogP contribution >= 0.6 is 0 Å². The topological polar surface area (TPSA) is 89.5 Å². The largest absolute Gasteiger partial charge is 0.511 e. The summed E-state index contributed by atoms with van der Waals surface area (Å²) in [5, 5.41) is 0. The lowest BCUT2D eigenvalue weighted by atomic mass is 9.56. The van der Waals surface area contributed by atoms with Crippen LogP contribution < -0.4 is 4.72 Å². The maximum absolute atomic E-state index is 12.6. The molecule has 4 bridgehead atoms. The predicted molar refractivity (Wildman–Crippen MR) is 78.8 cm³/mol. The number of sulfonamides is 1. The van der Waals surface area contributed by atoms with E-state index in [0.717, 1.165) is 19.3 Å². The van der Waals surface area contributed by atoms with E-state index in [1.165, 1.54) is 4.72 Å². The fourth-order valence-corrected chi connectivity index (χ4v) is 7.26. The first-order valence-electron chi connectivity index (χ1n) is 7.89. The molecule has 24 heavy (non-hydrogen) atoms. The van der Waals surface area contributed by atoms with Crippen LogP contribution in [-0.4, -0.2) is 40.2 Å². The van der Waals surface area contributed by atoms with E-state index in [9.17, 15) is 30.0 Å². The standard InChI is InChI=1S/C13H20F3NO5S2/c14-13(15,16)23(18,19)17-1-2-22-24(20,21)12-6-9-3-10(7-12)5-11(4-9)8-12/h9-11,17H,1-8H2. The fourth-order valence-electron chi connectivity index (χ4n) is 4.87. The molecule has 140 valence electrons. The molecule has 0 amide bonds. The van der Waals surface area contributed by atoms with Gasteiger partial charge in [-0.05, 0) is 56.3 Å². The highest BCUT2D eigenvalue weighted by Gasteiger charge is 2.58. The van der Waals surface area contributed by atoms with Crippen LogP contribution in [0.5, 0.6) is 0 Å². The van der Waals surface area contributed by atoms with Gasteiger partial charge in [-0.15, -0.1) is 0 Å². The fraction of sp³-hybridized carbons (Fsp3) is 1.00. The molecule has 0 heterocycles. The zero-order chi connectivity index (χ0) is 17.8. The van der Waals surface area contributed by atoms with Gasteiger partial charge < -0.3 is 0 Å². The molecular weight excluding hydrogens is 371 g/mol. The van der Waals surface area contributed by atoms with Crippen molar-refractivity contribution in [3.63, 3.8) is 0 Å². The van der Waals surface area contributed by atoms with Gasteiger partial charge in [0.2, 0.25) is 0 Å². The first-order valence-corrected chi connectivity index (χ1v) is 10.8. The second-order valence-electron chi connectivity index (χ2n) is 7.22. The van der Waals surface area contributed by atoms with Crippen molar-refractivity contribution in [2.45, 2.75) is 48.8 Å².